The first-order valence-electron chi connectivity index (χ1n) is 8.05. The molecule has 2 rings (SSSR count). The van der Waals surface area contributed by atoms with E-state index in [2.05, 4.69) is 0 Å². The van der Waals surface area contributed by atoms with Crippen LogP contribution < -0.4 is 14.2 Å². The number of aryl methyl sites for hydroxylation is 1. The normalized spacial score (nSPS) is 10.5. The number of para-hydroxylation sites is 2. The Morgan fingerprint density at radius 2 is 1.38 bits per heavy atom. The van der Waals surface area contributed by atoms with Gasteiger partial charge in [-0.15, -0.1) is 0 Å². The van der Waals surface area contributed by atoms with E-state index < -0.39 is 0 Å². The molecule has 130 valence electrons. The van der Waals surface area contributed by atoms with E-state index >= 15 is 0 Å². The first-order valence-corrected chi connectivity index (χ1v) is 8.80. The fourth-order valence-electron chi connectivity index (χ4n) is 2.23. The summed E-state index contributed by atoms with van der Waals surface area (Å²) in [5, 5.41) is 1.09. The van der Waals surface area contributed by atoms with Gasteiger partial charge >= 0.3 is 0 Å². The first kappa shape index (κ1) is 18.8. The molecule has 0 aliphatic carbocycles. The zero-order valence-electron chi connectivity index (χ0n) is 14.0. The number of hydrogen-bond donors (Lipinski definition) is 0. The van der Waals surface area contributed by atoms with E-state index in [0.717, 1.165) is 29.9 Å². The van der Waals surface area contributed by atoms with E-state index in [-0.39, 0.29) is 0 Å². The first-order chi connectivity index (χ1) is 11.6. The van der Waals surface area contributed by atoms with Gasteiger partial charge in [-0.2, -0.15) is 0 Å². The number of halogens is 2. The van der Waals surface area contributed by atoms with Crippen molar-refractivity contribution < 1.29 is 14.2 Å². The Kier molecular flexibility index (Phi) is 7.54. The predicted octanol–water partition coefficient (Wildman–Crippen LogP) is 5.94. The van der Waals surface area contributed by atoms with Gasteiger partial charge < -0.3 is 14.2 Å². The second-order valence-corrected chi connectivity index (χ2v) is 6.16. The van der Waals surface area contributed by atoms with Crippen LogP contribution in [-0.2, 0) is 0 Å². The smallest absolute Gasteiger partial charge is 0.161 e. The van der Waals surface area contributed by atoms with Crippen molar-refractivity contribution in [3.63, 3.8) is 0 Å². The van der Waals surface area contributed by atoms with Crippen LogP contribution in [-0.4, -0.2) is 19.8 Å². The number of rotatable bonds is 9. The minimum absolute atomic E-state index is 0.541. The lowest BCUT2D eigenvalue weighted by atomic mass is 10.2. The summed E-state index contributed by atoms with van der Waals surface area (Å²) in [4.78, 5) is 0. The van der Waals surface area contributed by atoms with Crippen LogP contribution in [0.25, 0.3) is 0 Å². The second kappa shape index (κ2) is 9.65. The Morgan fingerprint density at radius 3 is 1.96 bits per heavy atom. The molecule has 24 heavy (non-hydrogen) atoms. The van der Waals surface area contributed by atoms with Crippen molar-refractivity contribution in [3.05, 3.63) is 52.0 Å². The second-order valence-electron chi connectivity index (χ2n) is 5.34. The highest BCUT2D eigenvalue weighted by Crippen LogP contribution is 2.34. The van der Waals surface area contributed by atoms with Crippen molar-refractivity contribution in [1.29, 1.82) is 0 Å². The van der Waals surface area contributed by atoms with Crippen LogP contribution in [0.15, 0.2) is 36.4 Å². The lowest BCUT2D eigenvalue weighted by Gasteiger charge is -2.12. The molecule has 0 N–H and O–H groups in total. The quantitative estimate of drug-likeness (QED) is 0.512. The van der Waals surface area contributed by atoms with Crippen molar-refractivity contribution in [3.8, 4) is 17.2 Å². The average molecular weight is 369 g/mol. The van der Waals surface area contributed by atoms with Gasteiger partial charge in [0.1, 0.15) is 0 Å². The van der Waals surface area contributed by atoms with Crippen molar-refractivity contribution in [2.24, 2.45) is 0 Å². The van der Waals surface area contributed by atoms with Crippen LogP contribution in [0.1, 0.15) is 25.3 Å². The van der Waals surface area contributed by atoms with Gasteiger partial charge in [0.15, 0.2) is 17.2 Å². The number of ether oxygens (including phenoxy) is 3. The van der Waals surface area contributed by atoms with Gasteiger partial charge in [0.25, 0.3) is 0 Å². The summed E-state index contributed by atoms with van der Waals surface area (Å²) >= 11 is 12.3. The van der Waals surface area contributed by atoms with Crippen molar-refractivity contribution >= 4 is 23.2 Å². The van der Waals surface area contributed by atoms with Gasteiger partial charge in [0.2, 0.25) is 0 Å². The summed E-state index contributed by atoms with van der Waals surface area (Å²) < 4.78 is 17.0. The van der Waals surface area contributed by atoms with Crippen molar-refractivity contribution in [2.45, 2.75) is 26.7 Å². The van der Waals surface area contributed by atoms with E-state index in [9.17, 15) is 0 Å². The molecular weight excluding hydrogens is 347 g/mol. The molecule has 3 nitrogen and oxygen atoms in total. The molecule has 0 saturated heterocycles. The molecule has 0 bridgehead atoms. The molecule has 0 fully saturated rings. The molecule has 2 aromatic rings. The summed E-state index contributed by atoms with van der Waals surface area (Å²) in [6, 6.07) is 11.4. The third-order valence-electron chi connectivity index (χ3n) is 3.33. The van der Waals surface area contributed by atoms with Crippen LogP contribution in [0.3, 0.4) is 0 Å². The SMILES string of the molecule is CCOc1ccccc1OCCCCOc1c(Cl)cc(C)cc1Cl. The number of benzene rings is 2. The van der Waals surface area contributed by atoms with Gasteiger partial charge in [-0.3, -0.25) is 0 Å². The maximum atomic E-state index is 6.15. The van der Waals surface area contributed by atoms with Gasteiger partial charge in [-0.25, -0.2) is 0 Å². The number of hydrogen-bond acceptors (Lipinski definition) is 3. The lowest BCUT2D eigenvalue weighted by Crippen LogP contribution is -2.04. The summed E-state index contributed by atoms with van der Waals surface area (Å²) in [5.74, 6) is 2.09. The highest BCUT2D eigenvalue weighted by molar-refractivity contribution is 6.37. The standard InChI is InChI=1S/C19H22Cl2O3/c1-3-22-17-8-4-5-9-18(17)23-10-6-7-11-24-19-15(20)12-14(2)13-16(19)21/h4-5,8-9,12-13H,3,6-7,10-11H2,1-2H3. The van der Waals surface area contributed by atoms with Crippen molar-refractivity contribution in [1.82, 2.24) is 0 Å². The lowest BCUT2D eigenvalue weighted by molar-refractivity contribution is 0.252. The molecule has 5 heteroatoms. The summed E-state index contributed by atoms with van der Waals surface area (Å²) in [6.45, 7) is 5.66. The van der Waals surface area contributed by atoms with Crippen molar-refractivity contribution in [2.75, 3.05) is 19.8 Å². The van der Waals surface area contributed by atoms with Crippen LogP contribution in [0.4, 0.5) is 0 Å². The zero-order valence-corrected chi connectivity index (χ0v) is 15.5. The molecule has 0 saturated carbocycles. The van der Waals surface area contributed by atoms with Crippen LogP contribution >= 0.6 is 23.2 Å². The Balaban J connectivity index is 1.73. The van der Waals surface area contributed by atoms with Crippen LogP contribution in [0.5, 0.6) is 17.2 Å². The molecule has 0 unspecified atom stereocenters. The fourth-order valence-corrected chi connectivity index (χ4v) is 2.93. The largest absolute Gasteiger partial charge is 0.490 e. The van der Waals surface area contributed by atoms with E-state index in [4.69, 9.17) is 37.4 Å². The highest BCUT2D eigenvalue weighted by Gasteiger charge is 2.08. The van der Waals surface area contributed by atoms with Gasteiger partial charge in [0.05, 0.1) is 29.9 Å². The average Bonchev–Trinajstić information content (AvgIpc) is 2.54. The minimum Gasteiger partial charge on any atom is -0.490 e. The van der Waals surface area contributed by atoms with E-state index in [1.165, 1.54) is 0 Å². The molecule has 0 aromatic heterocycles. The van der Waals surface area contributed by atoms with Gasteiger partial charge in [-0.05, 0) is 56.5 Å². The maximum absolute atomic E-state index is 6.15. The van der Waals surface area contributed by atoms with Crippen LogP contribution in [0, 0.1) is 6.92 Å². The maximum Gasteiger partial charge on any atom is 0.161 e. The summed E-state index contributed by atoms with van der Waals surface area (Å²) in [5.41, 5.74) is 1.01. The molecule has 0 amide bonds. The minimum atomic E-state index is 0.541. The Hall–Kier alpha value is -1.58. The number of unbranched alkanes of at least 4 members (excludes halogenated alkanes) is 1. The molecule has 2 aromatic carbocycles. The monoisotopic (exact) mass is 368 g/mol. The van der Waals surface area contributed by atoms with E-state index in [0.29, 0.717) is 35.6 Å². The molecule has 0 atom stereocenters. The third kappa shape index (κ3) is 5.50. The molecule has 0 radical (unpaired) electrons. The molecule has 0 aliphatic heterocycles. The Labute approximate surface area is 153 Å². The third-order valence-corrected chi connectivity index (χ3v) is 3.90. The van der Waals surface area contributed by atoms with Crippen LogP contribution in [0.2, 0.25) is 10.0 Å². The highest BCUT2D eigenvalue weighted by atomic mass is 35.5. The zero-order chi connectivity index (χ0) is 17.4. The Bertz CT molecular complexity index is 636. The molecule has 0 spiro atoms. The Morgan fingerprint density at radius 1 is 0.833 bits per heavy atom. The fraction of sp³-hybridized carbons (Fsp3) is 0.368. The van der Waals surface area contributed by atoms with E-state index in [1.54, 1.807) is 0 Å². The predicted molar refractivity (Wildman–Crippen MR) is 99.0 cm³/mol. The topological polar surface area (TPSA) is 27.7 Å². The summed E-state index contributed by atoms with van der Waals surface area (Å²) in [6.07, 6.45) is 1.71. The molecule has 0 heterocycles. The molecular formula is C19H22Cl2O3. The van der Waals surface area contributed by atoms with Gasteiger partial charge in [-0.1, -0.05) is 35.3 Å². The van der Waals surface area contributed by atoms with E-state index in [1.807, 2.05) is 50.2 Å². The molecule has 0 aliphatic rings. The summed E-state index contributed by atoms with van der Waals surface area (Å²) in [7, 11) is 0. The van der Waals surface area contributed by atoms with Gasteiger partial charge in [0, 0.05) is 0 Å².